The standard InChI is InChI=1S/C53H41N/c1-52(2)50-33-38(53(3)48-25-15-13-23-43(48)44-24-14-16-26-49(44)53)27-30-45(50)46-32-29-41(35-51(46)52)54(39-21-11-6-12-22-39)40-28-31-42(36-17-7-4-8-18-36)47(34-40)37-19-9-5-10-20-37/h4-35H,1-3H3. The summed E-state index contributed by atoms with van der Waals surface area (Å²) >= 11 is 0. The fraction of sp³-hybridized carbons (Fsp3) is 0.0943. The van der Waals surface area contributed by atoms with E-state index in [2.05, 4.69) is 220 Å². The second-order valence-corrected chi connectivity index (χ2v) is 15.5. The van der Waals surface area contributed by atoms with Crippen LogP contribution in [0.5, 0.6) is 0 Å². The molecule has 0 aromatic heterocycles. The van der Waals surface area contributed by atoms with Gasteiger partial charge in [-0.25, -0.2) is 0 Å². The van der Waals surface area contributed by atoms with Crippen LogP contribution < -0.4 is 4.90 Å². The van der Waals surface area contributed by atoms with Gasteiger partial charge in [0.25, 0.3) is 0 Å². The Morgan fingerprint density at radius 2 is 0.759 bits per heavy atom. The number of benzene rings is 8. The van der Waals surface area contributed by atoms with E-state index in [0.29, 0.717) is 0 Å². The van der Waals surface area contributed by atoms with Gasteiger partial charge in [-0.2, -0.15) is 0 Å². The minimum absolute atomic E-state index is 0.195. The van der Waals surface area contributed by atoms with Crippen molar-refractivity contribution in [3.05, 3.63) is 222 Å². The van der Waals surface area contributed by atoms with Crippen LogP contribution in [0, 0.1) is 0 Å². The van der Waals surface area contributed by atoms with E-state index in [-0.39, 0.29) is 10.8 Å². The third kappa shape index (κ3) is 4.85. The summed E-state index contributed by atoms with van der Waals surface area (Å²) in [6.07, 6.45) is 0. The van der Waals surface area contributed by atoms with Crippen molar-refractivity contribution < 1.29 is 0 Å². The zero-order chi connectivity index (χ0) is 36.4. The Morgan fingerprint density at radius 1 is 0.315 bits per heavy atom. The first kappa shape index (κ1) is 32.2. The molecular formula is C53H41N. The SMILES string of the molecule is CC1(C)c2cc(N(c3ccccc3)c3ccc(-c4ccccc4)c(-c4ccccc4)c3)ccc2-c2ccc(C3(C)c4ccccc4-c4ccccc43)cc21. The Balaban J connectivity index is 1.10. The van der Waals surface area contributed by atoms with E-state index in [1.54, 1.807) is 0 Å². The van der Waals surface area contributed by atoms with Crippen LogP contribution in [0.2, 0.25) is 0 Å². The van der Waals surface area contributed by atoms with E-state index in [9.17, 15) is 0 Å². The number of fused-ring (bicyclic) bond motifs is 6. The quantitative estimate of drug-likeness (QED) is 0.168. The molecule has 2 aliphatic carbocycles. The van der Waals surface area contributed by atoms with E-state index in [1.807, 2.05) is 0 Å². The first-order chi connectivity index (χ1) is 26.4. The van der Waals surface area contributed by atoms with Crippen molar-refractivity contribution in [3.63, 3.8) is 0 Å². The summed E-state index contributed by atoms with van der Waals surface area (Å²) < 4.78 is 0. The molecule has 54 heavy (non-hydrogen) atoms. The third-order valence-corrected chi connectivity index (χ3v) is 12.2. The summed E-state index contributed by atoms with van der Waals surface area (Å²) in [4.78, 5) is 2.42. The molecule has 0 N–H and O–H groups in total. The lowest BCUT2D eigenvalue weighted by molar-refractivity contribution is 0.652. The monoisotopic (exact) mass is 691 g/mol. The molecule has 8 aromatic carbocycles. The predicted molar refractivity (Wildman–Crippen MR) is 227 cm³/mol. The Hall–Kier alpha value is -6.44. The lowest BCUT2D eigenvalue weighted by Gasteiger charge is -2.31. The minimum Gasteiger partial charge on any atom is -0.310 e. The van der Waals surface area contributed by atoms with Crippen LogP contribution in [-0.2, 0) is 10.8 Å². The van der Waals surface area contributed by atoms with Crippen molar-refractivity contribution in [2.75, 3.05) is 4.90 Å². The zero-order valence-corrected chi connectivity index (χ0v) is 30.9. The van der Waals surface area contributed by atoms with Gasteiger partial charge in [0.05, 0.1) is 0 Å². The Kier molecular flexibility index (Phi) is 7.35. The van der Waals surface area contributed by atoms with Crippen LogP contribution in [0.15, 0.2) is 194 Å². The van der Waals surface area contributed by atoms with Gasteiger partial charge in [-0.3, -0.25) is 0 Å². The van der Waals surface area contributed by atoms with Crippen molar-refractivity contribution in [2.45, 2.75) is 31.6 Å². The van der Waals surface area contributed by atoms with Crippen molar-refractivity contribution >= 4 is 17.1 Å². The maximum atomic E-state index is 2.51. The second kappa shape index (κ2) is 12.3. The number of hydrogen-bond donors (Lipinski definition) is 0. The molecule has 0 unspecified atom stereocenters. The van der Waals surface area contributed by atoms with Gasteiger partial charge in [0.2, 0.25) is 0 Å². The molecule has 0 amide bonds. The number of hydrogen-bond acceptors (Lipinski definition) is 1. The molecule has 258 valence electrons. The van der Waals surface area contributed by atoms with Gasteiger partial charge in [0.15, 0.2) is 0 Å². The highest BCUT2D eigenvalue weighted by atomic mass is 15.1. The van der Waals surface area contributed by atoms with E-state index in [4.69, 9.17) is 0 Å². The molecule has 0 bridgehead atoms. The van der Waals surface area contributed by atoms with Crippen molar-refractivity contribution in [2.24, 2.45) is 0 Å². The minimum atomic E-state index is -0.231. The van der Waals surface area contributed by atoms with Crippen LogP contribution in [-0.4, -0.2) is 0 Å². The number of rotatable bonds is 6. The van der Waals surface area contributed by atoms with Crippen molar-refractivity contribution in [3.8, 4) is 44.5 Å². The molecule has 1 heteroatoms. The zero-order valence-electron chi connectivity index (χ0n) is 30.9. The van der Waals surface area contributed by atoms with Gasteiger partial charge in [-0.1, -0.05) is 172 Å². The molecule has 0 aliphatic heterocycles. The van der Waals surface area contributed by atoms with Gasteiger partial charge in [0, 0.05) is 27.9 Å². The molecule has 0 spiro atoms. The lowest BCUT2D eigenvalue weighted by atomic mass is 9.72. The molecule has 0 saturated carbocycles. The average molecular weight is 692 g/mol. The fourth-order valence-corrected chi connectivity index (χ4v) is 9.36. The highest BCUT2D eigenvalue weighted by Crippen LogP contribution is 2.56. The van der Waals surface area contributed by atoms with Crippen LogP contribution in [0.3, 0.4) is 0 Å². The fourth-order valence-electron chi connectivity index (χ4n) is 9.36. The van der Waals surface area contributed by atoms with Crippen LogP contribution >= 0.6 is 0 Å². The number of para-hydroxylation sites is 1. The Labute approximate surface area is 318 Å². The molecule has 1 nitrogen and oxygen atoms in total. The molecule has 8 aromatic rings. The maximum Gasteiger partial charge on any atom is 0.0468 e. The number of anilines is 3. The summed E-state index contributed by atoms with van der Waals surface area (Å²) in [7, 11) is 0. The molecule has 0 heterocycles. The van der Waals surface area contributed by atoms with E-state index < -0.39 is 0 Å². The van der Waals surface area contributed by atoms with Crippen molar-refractivity contribution in [1.29, 1.82) is 0 Å². The predicted octanol–water partition coefficient (Wildman–Crippen LogP) is 14.1. The normalized spacial score (nSPS) is 14.1. The smallest absolute Gasteiger partial charge is 0.0468 e. The third-order valence-electron chi connectivity index (χ3n) is 12.2. The first-order valence-corrected chi connectivity index (χ1v) is 19.0. The van der Waals surface area contributed by atoms with Gasteiger partial charge in [-0.05, 0) is 116 Å². The molecule has 10 rings (SSSR count). The molecule has 0 atom stereocenters. The molecule has 0 fully saturated rings. The second-order valence-electron chi connectivity index (χ2n) is 15.5. The van der Waals surface area contributed by atoms with Crippen LogP contribution in [0.1, 0.15) is 48.6 Å². The Morgan fingerprint density at radius 3 is 1.37 bits per heavy atom. The maximum absolute atomic E-state index is 2.51. The van der Waals surface area contributed by atoms with Crippen molar-refractivity contribution in [1.82, 2.24) is 0 Å². The van der Waals surface area contributed by atoms with E-state index in [0.717, 1.165) is 17.1 Å². The first-order valence-electron chi connectivity index (χ1n) is 19.0. The van der Waals surface area contributed by atoms with Crippen LogP contribution in [0.25, 0.3) is 44.5 Å². The van der Waals surface area contributed by atoms with Crippen LogP contribution in [0.4, 0.5) is 17.1 Å². The van der Waals surface area contributed by atoms with E-state index in [1.165, 1.54) is 72.3 Å². The van der Waals surface area contributed by atoms with Gasteiger partial charge in [0.1, 0.15) is 0 Å². The summed E-state index contributed by atoms with van der Waals surface area (Å²) in [6.45, 7) is 7.22. The van der Waals surface area contributed by atoms with Gasteiger partial charge >= 0.3 is 0 Å². The summed E-state index contributed by atoms with van der Waals surface area (Å²) in [5.74, 6) is 0. The van der Waals surface area contributed by atoms with Gasteiger partial charge < -0.3 is 4.90 Å². The lowest BCUT2D eigenvalue weighted by Crippen LogP contribution is -2.24. The van der Waals surface area contributed by atoms with E-state index >= 15 is 0 Å². The number of nitrogens with zero attached hydrogens (tertiary/aromatic N) is 1. The molecular weight excluding hydrogens is 651 g/mol. The Bertz CT molecular complexity index is 2640. The largest absolute Gasteiger partial charge is 0.310 e. The van der Waals surface area contributed by atoms with Gasteiger partial charge in [-0.15, -0.1) is 0 Å². The molecule has 0 radical (unpaired) electrons. The average Bonchev–Trinajstić information content (AvgIpc) is 3.63. The summed E-state index contributed by atoms with van der Waals surface area (Å²) in [5.41, 5.74) is 20.0. The summed E-state index contributed by atoms with van der Waals surface area (Å²) in [5, 5.41) is 0. The summed E-state index contributed by atoms with van der Waals surface area (Å²) in [6, 6.07) is 71.5. The molecule has 0 saturated heterocycles. The highest BCUT2D eigenvalue weighted by molar-refractivity contribution is 5.91. The topological polar surface area (TPSA) is 3.24 Å². The highest BCUT2D eigenvalue weighted by Gasteiger charge is 2.43. The molecule has 2 aliphatic rings.